The summed E-state index contributed by atoms with van der Waals surface area (Å²) in [5.41, 5.74) is 0.797. The highest BCUT2D eigenvalue weighted by Crippen LogP contribution is 2.27. The number of amides is 2. The zero-order valence-electron chi connectivity index (χ0n) is 12.3. The lowest BCUT2D eigenvalue weighted by molar-refractivity contribution is -0.116. The normalized spacial score (nSPS) is 17.1. The Morgan fingerprint density at radius 1 is 1.50 bits per heavy atom. The second-order valence-corrected chi connectivity index (χ2v) is 5.08. The lowest BCUT2D eigenvalue weighted by Gasteiger charge is -2.21. The molecule has 1 atom stereocenters. The van der Waals surface area contributed by atoms with Gasteiger partial charge in [0.05, 0.1) is 6.10 Å². The van der Waals surface area contributed by atoms with E-state index >= 15 is 0 Å². The first-order valence-corrected chi connectivity index (χ1v) is 7.13. The number of carbonyl (C=O) groups excluding carboxylic acids is 2. The third-order valence-electron chi connectivity index (χ3n) is 3.56. The third-order valence-corrected chi connectivity index (χ3v) is 3.56. The summed E-state index contributed by atoms with van der Waals surface area (Å²) in [7, 11) is 1.50. The van der Waals surface area contributed by atoms with E-state index in [0.29, 0.717) is 24.1 Å². The van der Waals surface area contributed by atoms with Gasteiger partial charge < -0.3 is 20.7 Å². The van der Waals surface area contributed by atoms with Crippen LogP contribution in [0.1, 0.15) is 40.6 Å². The maximum atomic E-state index is 12.0. The second-order valence-electron chi connectivity index (χ2n) is 5.08. The smallest absolute Gasteiger partial charge is 0.261 e. The molecule has 1 aromatic rings. The average molecular weight is 305 g/mol. The molecule has 7 nitrogen and oxygen atoms in total. The van der Waals surface area contributed by atoms with Crippen molar-refractivity contribution in [2.45, 2.75) is 25.4 Å². The Labute approximate surface area is 127 Å². The largest absolute Gasteiger partial charge is 0.388 e. The van der Waals surface area contributed by atoms with Gasteiger partial charge in [-0.3, -0.25) is 14.4 Å². The highest BCUT2D eigenvalue weighted by Gasteiger charge is 2.22. The summed E-state index contributed by atoms with van der Waals surface area (Å²) in [5, 5.41) is 14.9. The summed E-state index contributed by atoms with van der Waals surface area (Å²) < 4.78 is 0. The van der Waals surface area contributed by atoms with Gasteiger partial charge in [0.2, 0.25) is 5.91 Å². The van der Waals surface area contributed by atoms with Crippen LogP contribution in [0.3, 0.4) is 0 Å². The minimum absolute atomic E-state index is 0.0342. The topological polar surface area (TPSA) is 111 Å². The number of pyridine rings is 1. The Balaban J connectivity index is 2.10. The van der Waals surface area contributed by atoms with Crippen LogP contribution >= 0.6 is 0 Å². The minimum atomic E-state index is -0.653. The van der Waals surface area contributed by atoms with E-state index in [9.17, 15) is 19.5 Å². The lowest BCUT2D eigenvalue weighted by Crippen LogP contribution is -2.31. The number of carbonyl (C=O) groups is 2. The number of aromatic nitrogens is 1. The number of aliphatic hydroxyl groups excluding tert-OH is 1. The summed E-state index contributed by atoms with van der Waals surface area (Å²) in [5.74, 6) is -0.813. The highest BCUT2D eigenvalue weighted by molar-refractivity contribution is 5.94. The minimum Gasteiger partial charge on any atom is -0.388 e. The zero-order chi connectivity index (χ0) is 16.1. The summed E-state index contributed by atoms with van der Waals surface area (Å²) in [6.45, 7) is 0.130. The first-order chi connectivity index (χ1) is 10.5. The summed E-state index contributed by atoms with van der Waals surface area (Å²) in [4.78, 5) is 37.6. The van der Waals surface area contributed by atoms with E-state index in [1.54, 1.807) is 0 Å². The van der Waals surface area contributed by atoms with Crippen molar-refractivity contribution in [2.24, 2.45) is 0 Å². The summed E-state index contributed by atoms with van der Waals surface area (Å²) in [6, 6.07) is 1.45. The van der Waals surface area contributed by atoms with Crippen molar-refractivity contribution >= 4 is 11.8 Å². The lowest BCUT2D eigenvalue weighted by atomic mass is 9.92. The maximum absolute atomic E-state index is 12.0. The first kappa shape index (κ1) is 16.0. The molecule has 0 bridgehead atoms. The molecule has 0 aliphatic heterocycles. The monoisotopic (exact) mass is 305 g/mol. The van der Waals surface area contributed by atoms with Gasteiger partial charge in [0.25, 0.3) is 11.5 Å². The van der Waals surface area contributed by atoms with Crippen molar-refractivity contribution < 1.29 is 14.7 Å². The standard InChI is InChI=1S/C15H19N3O4/c1-16-13(20)6-3-7-17-14(21)10-8-9-11(18-15(10)22)4-2-5-12(9)19/h3,6,8,12,19H,2,4-5,7H2,1H3,(H,16,20)(H,17,21)(H,18,22)/b6-3+. The molecule has 0 radical (unpaired) electrons. The van der Waals surface area contributed by atoms with E-state index in [1.807, 2.05) is 0 Å². The molecule has 2 rings (SSSR count). The number of rotatable bonds is 4. The van der Waals surface area contributed by atoms with Gasteiger partial charge in [0, 0.05) is 30.9 Å². The fourth-order valence-corrected chi connectivity index (χ4v) is 2.38. The molecular formula is C15H19N3O4. The van der Waals surface area contributed by atoms with Crippen LogP contribution in [-0.4, -0.2) is 35.5 Å². The van der Waals surface area contributed by atoms with Gasteiger partial charge in [-0.1, -0.05) is 6.08 Å². The molecule has 0 fully saturated rings. The molecule has 0 aromatic carbocycles. The number of fused-ring (bicyclic) bond motifs is 1. The van der Waals surface area contributed by atoms with Crippen LogP contribution in [0.4, 0.5) is 0 Å². The number of hydrogen-bond donors (Lipinski definition) is 4. The van der Waals surface area contributed by atoms with E-state index in [-0.39, 0.29) is 18.0 Å². The van der Waals surface area contributed by atoms with Gasteiger partial charge in [0.15, 0.2) is 0 Å². The molecule has 0 saturated heterocycles. The van der Waals surface area contributed by atoms with Gasteiger partial charge in [-0.2, -0.15) is 0 Å². The number of aryl methyl sites for hydroxylation is 1. The fraction of sp³-hybridized carbons (Fsp3) is 0.400. The molecule has 2 amide bonds. The highest BCUT2D eigenvalue weighted by atomic mass is 16.3. The quantitative estimate of drug-likeness (QED) is 0.576. The SMILES string of the molecule is CNC(=O)/C=C/CNC(=O)c1cc2c([nH]c1=O)CCCC2O. The first-order valence-electron chi connectivity index (χ1n) is 7.13. The predicted octanol–water partition coefficient (Wildman–Crippen LogP) is -0.223. The van der Waals surface area contributed by atoms with Crippen LogP contribution < -0.4 is 16.2 Å². The van der Waals surface area contributed by atoms with Crippen molar-refractivity contribution in [3.63, 3.8) is 0 Å². The van der Waals surface area contributed by atoms with Gasteiger partial charge in [-0.05, 0) is 25.3 Å². The van der Waals surface area contributed by atoms with Crippen LogP contribution in [0.2, 0.25) is 0 Å². The average Bonchev–Trinajstić information content (AvgIpc) is 2.50. The Kier molecular flexibility index (Phi) is 5.11. The summed E-state index contributed by atoms with van der Waals surface area (Å²) >= 11 is 0. The van der Waals surface area contributed by atoms with Crippen molar-refractivity contribution in [3.8, 4) is 0 Å². The number of nitrogens with one attached hydrogen (secondary N) is 3. The Morgan fingerprint density at radius 2 is 2.27 bits per heavy atom. The van der Waals surface area contributed by atoms with E-state index < -0.39 is 17.6 Å². The number of aliphatic hydroxyl groups is 1. The maximum Gasteiger partial charge on any atom is 0.261 e. The predicted molar refractivity (Wildman–Crippen MR) is 80.5 cm³/mol. The molecule has 1 heterocycles. The number of hydrogen-bond acceptors (Lipinski definition) is 4. The molecule has 1 aliphatic rings. The van der Waals surface area contributed by atoms with Crippen molar-refractivity contribution in [3.05, 3.63) is 45.4 Å². The Bertz CT molecular complexity index is 663. The number of likely N-dealkylation sites (N-methyl/N-ethyl adjacent to an activating group) is 1. The second kappa shape index (κ2) is 7.04. The van der Waals surface area contributed by atoms with Crippen molar-refractivity contribution in [1.29, 1.82) is 0 Å². The molecule has 7 heteroatoms. The van der Waals surface area contributed by atoms with E-state index in [2.05, 4.69) is 15.6 Å². The van der Waals surface area contributed by atoms with Gasteiger partial charge in [-0.25, -0.2) is 0 Å². The number of aromatic amines is 1. The Morgan fingerprint density at radius 3 is 3.00 bits per heavy atom. The molecule has 0 spiro atoms. The zero-order valence-corrected chi connectivity index (χ0v) is 12.3. The molecule has 0 saturated carbocycles. The van der Waals surface area contributed by atoms with Crippen LogP contribution in [0, 0.1) is 0 Å². The van der Waals surface area contributed by atoms with Gasteiger partial charge in [-0.15, -0.1) is 0 Å². The van der Waals surface area contributed by atoms with Crippen molar-refractivity contribution in [2.75, 3.05) is 13.6 Å². The van der Waals surface area contributed by atoms with Crippen LogP contribution in [0.15, 0.2) is 23.0 Å². The van der Waals surface area contributed by atoms with Crippen LogP contribution in [0.25, 0.3) is 0 Å². The Hall–Kier alpha value is -2.41. The molecule has 4 N–H and O–H groups in total. The molecular weight excluding hydrogens is 286 g/mol. The third kappa shape index (κ3) is 3.62. The molecule has 1 unspecified atom stereocenters. The van der Waals surface area contributed by atoms with E-state index in [0.717, 1.165) is 6.42 Å². The van der Waals surface area contributed by atoms with Crippen molar-refractivity contribution in [1.82, 2.24) is 15.6 Å². The number of H-pyrrole nitrogens is 1. The van der Waals surface area contributed by atoms with Crippen LogP contribution in [-0.2, 0) is 11.2 Å². The molecule has 22 heavy (non-hydrogen) atoms. The fourth-order valence-electron chi connectivity index (χ4n) is 2.38. The summed E-state index contributed by atoms with van der Waals surface area (Å²) in [6.07, 6.45) is 4.24. The molecule has 118 valence electrons. The van der Waals surface area contributed by atoms with Crippen LogP contribution in [0.5, 0.6) is 0 Å². The molecule has 1 aliphatic carbocycles. The van der Waals surface area contributed by atoms with Gasteiger partial charge >= 0.3 is 0 Å². The van der Waals surface area contributed by atoms with Gasteiger partial charge in [0.1, 0.15) is 5.56 Å². The molecule has 1 aromatic heterocycles. The van der Waals surface area contributed by atoms with E-state index in [1.165, 1.54) is 25.3 Å². The van der Waals surface area contributed by atoms with E-state index in [4.69, 9.17) is 0 Å².